The van der Waals surface area contributed by atoms with Crippen LogP contribution in [0.3, 0.4) is 0 Å². The Hall–Kier alpha value is -10.9. The molecule has 0 spiro atoms. The van der Waals surface area contributed by atoms with Crippen molar-refractivity contribution < 1.29 is 27.4 Å². The number of imidazole rings is 3. The fraction of sp³-hybridized carbons (Fsp3) is 0.295. The molecule has 1 atom stereocenters. The monoisotopic (exact) mass is 1350 g/mol. The van der Waals surface area contributed by atoms with Crippen molar-refractivity contribution in [3.8, 4) is 50.6 Å². The number of aromatic nitrogens is 9. The SMILES string of the molecule is Cc1cn2c(NCc3c(F)ccc4c3CCO4)ncc(-c3ccc(C(C)N(C)C)cc3)c2n1.Cc1cn2c(NCc3c(F)ccc4c3CCO4)ncc(-c3ccc(CN(C)C)c(C)c3)c2n1.[C-]#[N+]c1cc(-c2cnc(NCc3c(F)ccc4c3CCO4)n3cc(C)nc23)ccc1CN(C)C. The van der Waals surface area contributed by atoms with Crippen molar-refractivity contribution in [2.75, 3.05) is 78.1 Å². The Balaban J connectivity index is 0.000000134. The Morgan fingerprint density at radius 3 is 1.24 bits per heavy atom. The van der Waals surface area contributed by atoms with Crippen molar-refractivity contribution in [1.82, 2.24) is 57.8 Å². The van der Waals surface area contributed by atoms with Crippen LogP contribution in [0, 0.1) is 51.7 Å². The van der Waals surface area contributed by atoms with Crippen LogP contribution in [0.1, 0.15) is 85.7 Å². The molecule has 0 bridgehead atoms. The van der Waals surface area contributed by atoms with Gasteiger partial charge in [-0.2, -0.15) is 0 Å². The zero-order chi connectivity index (χ0) is 70.0. The van der Waals surface area contributed by atoms with Crippen molar-refractivity contribution in [3.63, 3.8) is 0 Å². The number of benzene rings is 6. The summed E-state index contributed by atoms with van der Waals surface area (Å²) >= 11 is 0. The van der Waals surface area contributed by atoms with Crippen molar-refractivity contribution >= 4 is 40.5 Å². The van der Waals surface area contributed by atoms with E-state index in [1.807, 2.05) is 102 Å². The third-order valence-corrected chi connectivity index (χ3v) is 18.5. The lowest BCUT2D eigenvalue weighted by atomic mass is 10.0. The Labute approximate surface area is 580 Å². The number of hydrogen-bond donors (Lipinski definition) is 3. The lowest BCUT2D eigenvalue weighted by Crippen LogP contribution is -2.16. The van der Waals surface area contributed by atoms with Crippen molar-refractivity contribution in [1.29, 1.82) is 0 Å². The molecule has 0 amide bonds. The lowest BCUT2D eigenvalue weighted by Gasteiger charge is -2.20. The summed E-state index contributed by atoms with van der Waals surface area (Å²) in [5.41, 5.74) is 20.8. The predicted molar refractivity (Wildman–Crippen MR) is 386 cm³/mol. The summed E-state index contributed by atoms with van der Waals surface area (Å²) in [4.78, 5) is 38.3. The second kappa shape index (κ2) is 28.9. The first kappa shape index (κ1) is 67.7. The van der Waals surface area contributed by atoms with Gasteiger partial charge in [0.2, 0.25) is 17.8 Å². The van der Waals surface area contributed by atoms with Crippen LogP contribution in [0.2, 0.25) is 0 Å². The standard InChI is InChI=1S/C26H25FN6O.2C26H28FN5O/c1-16-14-33-25(31-16)20(17-5-6-18(15-32(3)4)23(11-17)28-2)12-29-26(33)30-13-21-19-9-10-34-24(19)8-7-22(21)27;1-16-15-32-25(30-16)21(19-7-5-18(6-8-19)17(2)31(3)4)13-28-26(32)29-14-22-20-11-12-33-24(20)10-9-23(22)27;1-16-11-18(5-6-19(16)15-31(3)4)21-12-28-26(32-14-17(2)30-25(21)32)29-13-22-20-9-10-33-24(20)8-7-23(22)27/h5-8,11-12,14H,9-10,13,15H2,1,3-4H3,(H,29,30);5-10,13,15,17H,11-12,14H2,1-4H3,(H,28,29);5-8,11-12,14H,9-10,13,15H2,1-4H3,(H,28,29). The molecule has 0 aliphatic carbocycles. The minimum atomic E-state index is -0.254. The average Bonchev–Trinajstić information content (AvgIpc) is 1.62. The highest BCUT2D eigenvalue weighted by atomic mass is 19.1. The van der Waals surface area contributed by atoms with Gasteiger partial charge in [0, 0.05) is 145 Å². The smallest absolute Gasteiger partial charge is 0.208 e. The summed E-state index contributed by atoms with van der Waals surface area (Å²) in [7, 11) is 12.3. The number of halogens is 3. The van der Waals surface area contributed by atoms with Gasteiger partial charge >= 0.3 is 0 Å². The Morgan fingerprint density at radius 1 is 0.490 bits per heavy atom. The first-order valence-corrected chi connectivity index (χ1v) is 33.5. The molecule has 3 aliphatic heterocycles. The number of rotatable bonds is 18. The van der Waals surface area contributed by atoms with E-state index in [9.17, 15) is 13.2 Å². The molecular weight excluding hydrogens is 1270 g/mol. The number of hydrogen-bond acceptors (Lipinski definition) is 15. The summed E-state index contributed by atoms with van der Waals surface area (Å²) in [5, 5.41) is 9.92. The van der Waals surface area contributed by atoms with Crippen molar-refractivity contribution in [2.45, 2.75) is 92.6 Å². The molecule has 3 aliphatic rings. The molecule has 6 aromatic heterocycles. The Kier molecular flexibility index (Phi) is 19.6. The fourth-order valence-electron chi connectivity index (χ4n) is 13.2. The average molecular weight is 1350 g/mol. The van der Waals surface area contributed by atoms with Gasteiger partial charge in [0.25, 0.3) is 0 Å². The van der Waals surface area contributed by atoms with Gasteiger partial charge < -0.3 is 44.9 Å². The van der Waals surface area contributed by atoms with E-state index in [1.54, 1.807) is 24.4 Å². The second-order valence-electron chi connectivity index (χ2n) is 26.4. The van der Waals surface area contributed by atoms with Crippen molar-refractivity contribution in [2.24, 2.45) is 0 Å². The number of anilines is 3. The van der Waals surface area contributed by atoms with Gasteiger partial charge in [0.05, 0.1) is 43.5 Å². The van der Waals surface area contributed by atoms with Gasteiger partial charge in [-0.05, 0) is 158 Å². The summed E-state index contributed by atoms with van der Waals surface area (Å²) in [6.07, 6.45) is 13.4. The molecule has 1 unspecified atom stereocenters. The van der Waals surface area contributed by atoms with Gasteiger partial charge in [-0.3, -0.25) is 13.2 Å². The van der Waals surface area contributed by atoms with E-state index in [4.69, 9.17) is 35.7 Å². The number of aryl methyl sites for hydroxylation is 4. The van der Waals surface area contributed by atoms with Crippen molar-refractivity contribution in [3.05, 3.63) is 236 Å². The maximum atomic E-state index is 14.6. The number of nitrogens with one attached hydrogen (secondary N) is 3. The van der Waals surface area contributed by atoms with E-state index >= 15 is 0 Å². The van der Waals surface area contributed by atoms with Crippen LogP contribution in [0.25, 0.3) is 55.2 Å². The summed E-state index contributed by atoms with van der Waals surface area (Å²) in [5.74, 6) is 3.41. The fourth-order valence-corrected chi connectivity index (χ4v) is 13.2. The topological polar surface area (TPSA) is 168 Å². The van der Waals surface area contributed by atoms with E-state index in [2.05, 4.69) is 130 Å². The van der Waals surface area contributed by atoms with Gasteiger partial charge in [-0.15, -0.1) is 0 Å². The molecule has 0 radical (unpaired) electrons. The molecule has 15 rings (SSSR count). The van der Waals surface area contributed by atoms with Crippen LogP contribution >= 0.6 is 0 Å². The summed E-state index contributed by atoms with van der Waals surface area (Å²) < 4.78 is 66.2. The van der Waals surface area contributed by atoms with Crippen LogP contribution in [0.4, 0.5) is 36.7 Å². The second-order valence-corrected chi connectivity index (χ2v) is 26.4. The largest absolute Gasteiger partial charge is 0.493 e. The maximum Gasteiger partial charge on any atom is 0.208 e. The minimum Gasteiger partial charge on any atom is -0.493 e. The van der Waals surface area contributed by atoms with E-state index in [0.717, 1.165) is 126 Å². The molecule has 19 nitrogen and oxygen atoms in total. The summed E-state index contributed by atoms with van der Waals surface area (Å²) in [6, 6.07) is 30.7. The molecule has 22 heteroatoms. The van der Waals surface area contributed by atoms with Crippen LogP contribution < -0.4 is 30.2 Å². The van der Waals surface area contributed by atoms with Crippen LogP contribution in [0.15, 0.2) is 134 Å². The number of ether oxygens (including phenoxy) is 3. The quantitative estimate of drug-likeness (QED) is 0.0694. The molecule has 12 aromatic rings. The first-order valence-electron chi connectivity index (χ1n) is 33.5. The normalized spacial score (nSPS) is 13.1. The molecule has 100 heavy (non-hydrogen) atoms. The van der Waals surface area contributed by atoms with E-state index in [1.165, 1.54) is 34.9 Å². The number of fused-ring (bicyclic) bond motifs is 6. The van der Waals surface area contributed by atoms with Crippen LogP contribution in [0.5, 0.6) is 17.2 Å². The highest BCUT2D eigenvalue weighted by Crippen LogP contribution is 2.37. The highest BCUT2D eigenvalue weighted by molar-refractivity contribution is 5.82. The zero-order valence-corrected chi connectivity index (χ0v) is 58.2. The Bertz CT molecular complexity index is 5090. The van der Waals surface area contributed by atoms with E-state index in [-0.39, 0.29) is 24.0 Å². The minimum absolute atomic E-state index is 0.227. The molecule has 0 saturated carbocycles. The Morgan fingerprint density at radius 2 is 0.860 bits per heavy atom. The van der Waals surface area contributed by atoms with Gasteiger partial charge in [0.1, 0.15) is 51.6 Å². The van der Waals surface area contributed by atoms with Gasteiger partial charge in [-0.1, -0.05) is 54.6 Å². The first-order chi connectivity index (χ1) is 48.3. The molecule has 0 fully saturated rings. The molecule has 512 valence electrons. The highest BCUT2D eigenvalue weighted by Gasteiger charge is 2.25. The summed E-state index contributed by atoms with van der Waals surface area (Å²) in [6.45, 7) is 22.1. The maximum absolute atomic E-state index is 14.6. The molecule has 9 heterocycles. The predicted octanol–water partition coefficient (Wildman–Crippen LogP) is 14.8. The lowest BCUT2D eigenvalue weighted by molar-refractivity contribution is 0.321. The molecular formula is C78H81F3N16O3. The number of nitrogens with zero attached hydrogens (tertiary/aromatic N) is 13. The zero-order valence-electron chi connectivity index (χ0n) is 58.2. The molecule has 6 aromatic carbocycles. The van der Waals surface area contributed by atoms with Gasteiger partial charge in [0.15, 0.2) is 5.69 Å². The van der Waals surface area contributed by atoms with E-state index < -0.39 is 0 Å². The third kappa shape index (κ3) is 14.1. The molecule has 0 saturated heterocycles. The van der Waals surface area contributed by atoms with Crippen LogP contribution in [-0.2, 0) is 52.0 Å². The van der Waals surface area contributed by atoms with Gasteiger partial charge in [-0.25, -0.2) is 47.9 Å². The third-order valence-electron chi connectivity index (χ3n) is 18.5. The molecule has 3 N–H and O–H groups in total. The van der Waals surface area contributed by atoms with Crippen LogP contribution in [-0.4, -0.2) is 120 Å². The van der Waals surface area contributed by atoms with E-state index in [0.29, 0.717) is 92.1 Å².